The molecule has 1 unspecified atom stereocenters. The Balaban J connectivity index is 1.62. The summed E-state index contributed by atoms with van der Waals surface area (Å²) in [6.07, 6.45) is 7.59. The summed E-state index contributed by atoms with van der Waals surface area (Å²) < 4.78 is 0. The SMILES string of the molecule is CCCC(C)(CC(=O)Nc1cccc(/C=C/c2nc(C3CC3)cs2)c1)C(=O)O. The van der Waals surface area contributed by atoms with Crippen molar-refractivity contribution in [3.05, 3.63) is 45.9 Å². The number of anilines is 1. The van der Waals surface area contributed by atoms with Gasteiger partial charge in [-0.1, -0.05) is 31.6 Å². The average Bonchev–Trinajstić information content (AvgIpc) is 3.38. The number of hydrogen-bond donors (Lipinski definition) is 2. The first kappa shape index (κ1) is 20.3. The van der Waals surface area contributed by atoms with Crippen molar-refractivity contribution in [1.29, 1.82) is 0 Å². The second-order valence-corrected chi connectivity index (χ2v) is 8.57. The lowest BCUT2D eigenvalue weighted by molar-refractivity contribution is -0.150. The lowest BCUT2D eigenvalue weighted by atomic mass is 9.82. The first-order valence-corrected chi connectivity index (χ1v) is 10.5. The Morgan fingerprint density at radius 3 is 2.82 bits per heavy atom. The van der Waals surface area contributed by atoms with Gasteiger partial charge in [0.1, 0.15) is 5.01 Å². The minimum Gasteiger partial charge on any atom is -0.481 e. The zero-order valence-corrected chi connectivity index (χ0v) is 17.1. The highest BCUT2D eigenvalue weighted by atomic mass is 32.1. The van der Waals surface area contributed by atoms with Crippen molar-refractivity contribution in [2.45, 2.75) is 51.9 Å². The lowest BCUT2D eigenvalue weighted by Crippen LogP contribution is -2.32. The molecule has 1 heterocycles. The largest absolute Gasteiger partial charge is 0.481 e. The molecule has 1 aromatic carbocycles. The topological polar surface area (TPSA) is 79.3 Å². The van der Waals surface area contributed by atoms with Gasteiger partial charge in [-0.15, -0.1) is 11.3 Å². The molecule has 2 aromatic rings. The van der Waals surface area contributed by atoms with Gasteiger partial charge in [-0.2, -0.15) is 0 Å². The standard InChI is InChI=1S/C22H26N2O3S/c1-3-11-22(2,21(26)27)13-19(25)23-17-6-4-5-15(12-17)7-10-20-24-18(14-28-20)16-8-9-16/h4-7,10,12,14,16H,3,8-9,11,13H2,1-2H3,(H,23,25)(H,26,27)/b10-7+. The molecule has 0 aliphatic heterocycles. The third-order valence-electron chi connectivity index (χ3n) is 4.99. The summed E-state index contributed by atoms with van der Waals surface area (Å²) in [4.78, 5) is 28.5. The van der Waals surface area contributed by atoms with Gasteiger partial charge in [0.25, 0.3) is 0 Å². The Hall–Kier alpha value is -2.47. The number of aliphatic carboxylic acids is 1. The summed E-state index contributed by atoms with van der Waals surface area (Å²) in [5.74, 6) is -0.565. The third kappa shape index (κ3) is 5.29. The molecule has 5 nitrogen and oxygen atoms in total. The van der Waals surface area contributed by atoms with Gasteiger partial charge in [0.05, 0.1) is 11.1 Å². The van der Waals surface area contributed by atoms with Crippen molar-refractivity contribution >= 4 is 41.1 Å². The fourth-order valence-corrected chi connectivity index (χ4v) is 4.01. The number of nitrogens with one attached hydrogen (secondary N) is 1. The number of carbonyl (C=O) groups excluding carboxylic acids is 1. The fraction of sp³-hybridized carbons (Fsp3) is 0.409. The summed E-state index contributed by atoms with van der Waals surface area (Å²) >= 11 is 1.64. The van der Waals surface area contributed by atoms with Gasteiger partial charge in [0.2, 0.25) is 5.91 Å². The van der Waals surface area contributed by atoms with E-state index in [4.69, 9.17) is 0 Å². The van der Waals surface area contributed by atoms with Crippen molar-refractivity contribution in [3.8, 4) is 0 Å². The summed E-state index contributed by atoms with van der Waals surface area (Å²) in [5, 5.41) is 15.4. The molecule has 1 aliphatic rings. The first-order chi connectivity index (χ1) is 13.4. The molecular weight excluding hydrogens is 372 g/mol. The van der Waals surface area contributed by atoms with Gasteiger partial charge < -0.3 is 10.4 Å². The van der Waals surface area contributed by atoms with Gasteiger partial charge >= 0.3 is 5.97 Å². The molecular formula is C22H26N2O3S. The minimum absolute atomic E-state index is 0.0424. The molecule has 0 bridgehead atoms. The van der Waals surface area contributed by atoms with Crippen molar-refractivity contribution in [2.24, 2.45) is 5.41 Å². The Labute approximate surface area is 169 Å². The predicted octanol–water partition coefficient (Wildman–Crippen LogP) is 5.41. The molecule has 1 fully saturated rings. The van der Waals surface area contributed by atoms with Crippen LogP contribution in [0.25, 0.3) is 12.2 Å². The third-order valence-corrected chi connectivity index (χ3v) is 5.82. The minimum atomic E-state index is -1.04. The van der Waals surface area contributed by atoms with Gasteiger partial charge in [0, 0.05) is 23.4 Å². The molecule has 148 valence electrons. The van der Waals surface area contributed by atoms with E-state index < -0.39 is 11.4 Å². The van der Waals surface area contributed by atoms with E-state index in [2.05, 4.69) is 15.7 Å². The number of carbonyl (C=O) groups is 2. The second-order valence-electron chi connectivity index (χ2n) is 7.68. The number of carboxylic acid groups (broad SMARTS) is 1. The maximum atomic E-state index is 12.4. The molecule has 6 heteroatoms. The Kier molecular flexibility index (Phi) is 6.29. The van der Waals surface area contributed by atoms with Crippen molar-refractivity contribution in [1.82, 2.24) is 4.98 Å². The predicted molar refractivity (Wildman–Crippen MR) is 113 cm³/mol. The van der Waals surface area contributed by atoms with E-state index in [1.807, 2.05) is 43.3 Å². The summed E-state index contributed by atoms with van der Waals surface area (Å²) in [5.41, 5.74) is 1.77. The number of hydrogen-bond acceptors (Lipinski definition) is 4. The summed E-state index contributed by atoms with van der Waals surface area (Å²) in [6.45, 7) is 3.55. The van der Waals surface area contributed by atoms with Gasteiger partial charge in [0.15, 0.2) is 0 Å². The van der Waals surface area contributed by atoms with Gasteiger partial charge in [-0.3, -0.25) is 9.59 Å². The molecule has 1 amide bonds. The zero-order valence-electron chi connectivity index (χ0n) is 16.3. The molecule has 3 rings (SSSR count). The normalized spacial score (nSPS) is 16.1. The number of aromatic nitrogens is 1. The average molecular weight is 399 g/mol. The van der Waals surface area contributed by atoms with E-state index in [9.17, 15) is 14.7 Å². The maximum Gasteiger partial charge on any atom is 0.309 e. The Morgan fingerprint density at radius 2 is 2.14 bits per heavy atom. The highest BCUT2D eigenvalue weighted by molar-refractivity contribution is 7.10. The van der Waals surface area contributed by atoms with Crippen LogP contribution in [0, 0.1) is 5.41 Å². The van der Waals surface area contributed by atoms with Crippen LogP contribution in [0.1, 0.15) is 68.1 Å². The van der Waals surface area contributed by atoms with Crippen molar-refractivity contribution in [2.75, 3.05) is 5.32 Å². The van der Waals surface area contributed by atoms with E-state index in [0.29, 0.717) is 18.0 Å². The number of carboxylic acids is 1. The Morgan fingerprint density at radius 1 is 1.36 bits per heavy atom. The number of nitrogens with zero attached hydrogens (tertiary/aromatic N) is 1. The quantitative estimate of drug-likeness (QED) is 0.592. The van der Waals surface area contributed by atoms with Crippen LogP contribution in [-0.4, -0.2) is 22.0 Å². The molecule has 28 heavy (non-hydrogen) atoms. The molecule has 0 saturated heterocycles. The van der Waals surface area contributed by atoms with Crippen molar-refractivity contribution < 1.29 is 14.7 Å². The smallest absolute Gasteiger partial charge is 0.309 e. The van der Waals surface area contributed by atoms with E-state index in [0.717, 1.165) is 17.0 Å². The van der Waals surface area contributed by atoms with E-state index in [1.165, 1.54) is 18.5 Å². The molecule has 2 N–H and O–H groups in total. The van der Waals surface area contributed by atoms with Crippen LogP contribution in [0.5, 0.6) is 0 Å². The van der Waals surface area contributed by atoms with Crippen LogP contribution in [0.3, 0.4) is 0 Å². The number of rotatable bonds is 9. The highest BCUT2D eigenvalue weighted by Crippen LogP contribution is 2.40. The molecule has 1 aromatic heterocycles. The van der Waals surface area contributed by atoms with Crippen LogP contribution >= 0.6 is 11.3 Å². The fourth-order valence-electron chi connectivity index (χ4n) is 3.21. The Bertz CT molecular complexity index is 885. The number of amides is 1. The van der Waals surface area contributed by atoms with Gasteiger partial charge in [-0.25, -0.2) is 4.98 Å². The maximum absolute atomic E-state index is 12.4. The van der Waals surface area contributed by atoms with Gasteiger partial charge in [-0.05, 0) is 50.0 Å². The van der Waals surface area contributed by atoms with E-state index in [1.54, 1.807) is 18.3 Å². The van der Waals surface area contributed by atoms with E-state index in [-0.39, 0.29) is 12.3 Å². The van der Waals surface area contributed by atoms with Crippen LogP contribution in [-0.2, 0) is 9.59 Å². The molecule has 1 atom stereocenters. The monoisotopic (exact) mass is 398 g/mol. The highest BCUT2D eigenvalue weighted by Gasteiger charge is 2.34. The second kappa shape index (κ2) is 8.69. The molecule has 0 spiro atoms. The lowest BCUT2D eigenvalue weighted by Gasteiger charge is -2.23. The first-order valence-electron chi connectivity index (χ1n) is 9.66. The number of benzene rings is 1. The van der Waals surface area contributed by atoms with E-state index >= 15 is 0 Å². The van der Waals surface area contributed by atoms with Crippen molar-refractivity contribution in [3.63, 3.8) is 0 Å². The number of thiazole rings is 1. The van der Waals surface area contributed by atoms with Crippen LogP contribution < -0.4 is 5.32 Å². The van der Waals surface area contributed by atoms with Crippen LogP contribution in [0.4, 0.5) is 5.69 Å². The molecule has 1 saturated carbocycles. The zero-order chi connectivity index (χ0) is 20.1. The summed E-state index contributed by atoms with van der Waals surface area (Å²) in [7, 11) is 0. The summed E-state index contributed by atoms with van der Waals surface area (Å²) in [6, 6.07) is 7.51. The van der Waals surface area contributed by atoms with Crippen LogP contribution in [0.15, 0.2) is 29.6 Å². The molecule has 1 aliphatic carbocycles. The molecule has 0 radical (unpaired) electrons. The van der Waals surface area contributed by atoms with Crippen LogP contribution in [0.2, 0.25) is 0 Å².